The Morgan fingerprint density at radius 3 is 2.82 bits per heavy atom. The van der Waals surface area contributed by atoms with Gasteiger partial charge in [0.05, 0.1) is 12.4 Å². The van der Waals surface area contributed by atoms with Crippen LogP contribution in [0.4, 0.5) is 4.39 Å². The Labute approximate surface area is 138 Å². The summed E-state index contributed by atoms with van der Waals surface area (Å²) >= 11 is 3.43. The zero-order valence-electron chi connectivity index (χ0n) is 12.7. The van der Waals surface area contributed by atoms with Gasteiger partial charge in [0.2, 0.25) is 5.89 Å². The van der Waals surface area contributed by atoms with Gasteiger partial charge >= 0.3 is 0 Å². The number of aryl methyl sites for hydroxylation is 1. The molecule has 1 aromatic heterocycles. The van der Waals surface area contributed by atoms with Crippen molar-refractivity contribution >= 4 is 15.9 Å². The van der Waals surface area contributed by atoms with Crippen molar-refractivity contribution in [3.05, 3.63) is 40.2 Å². The van der Waals surface area contributed by atoms with Crippen LogP contribution in [0, 0.1) is 12.8 Å². The minimum Gasteiger partial charge on any atom is -0.441 e. The van der Waals surface area contributed by atoms with Gasteiger partial charge in [0.15, 0.2) is 0 Å². The van der Waals surface area contributed by atoms with Gasteiger partial charge < -0.3 is 9.32 Å². The summed E-state index contributed by atoms with van der Waals surface area (Å²) in [7, 11) is 0. The molecule has 22 heavy (non-hydrogen) atoms. The highest BCUT2D eigenvalue weighted by molar-refractivity contribution is 9.10. The SMILES string of the molecule is Cc1oc(-c2ccc(Br)cc2)nc1CCN1CCC(CF)C1. The molecule has 2 aromatic rings. The second-order valence-electron chi connectivity index (χ2n) is 5.89. The molecule has 3 rings (SSSR count). The molecule has 0 bridgehead atoms. The fourth-order valence-electron chi connectivity index (χ4n) is 2.88. The molecule has 1 aliphatic rings. The molecule has 1 atom stereocenters. The number of aromatic nitrogens is 1. The van der Waals surface area contributed by atoms with E-state index in [1.807, 2.05) is 31.2 Å². The van der Waals surface area contributed by atoms with Crippen molar-refractivity contribution in [3.63, 3.8) is 0 Å². The lowest BCUT2D eigenvalue weighted by Gasteiger charge is -2.14. The molecule has 0 N–H and O–H groups in total. The lowest BCUT2D eigenvalue weighted by atomic mass is 10.1. The number of halogens is 2. The van der Waals surface area contributed by atoms with Gasteiger partial charge in [-0.05, 0) is 44.2 Å². The summed E-state index contributed by atoms with van der Waals surface area (Å²) in [5, 5.41) is 0. The van der Waals surface area contributed by atoms with E-state index in [1.165, 1.54) is 0 Å². The Bertz CT molecular complexity index is 626. The molecule has 1 aliphatic heterocycles. The van der Waals surface area contributed by atoms with Crippen LogP contribution in [-0.4, -0.2) is 36.2 Å². The first-order valence-electron chi connectivity index (χ1n) is 7.66. The molecule has 1 fully saturated rings. The van der Waals surface area contributed by atoms with E-state index >= 15 is 0 Å². The maximum Gasteiger partial charge on any atom is 0.226 e. The fraction of sp³-hybridized carbons (Fsp3) is 0.471. The maximum absolute atomic E-state index is 12.7. The summed E-state index contributed by atoms with van der Waals surface area (Å²) in [4.78, 5) is 6.94. The highest BCUT2D eigenvalue weighted by atomic mass is 79.9. The molecule has 1 unspecified atom stereocenters. The van der Waals surface area contributed by atoms with Crippen LogP contribution in [0.25, 0.3) is 11.5 Å². The van der Waals surface area contributed by atoms with Crippen molar-refractivity contribution in [2.45, 2.75) is 19.8 Å². The van der Waals surface area contributed by atoms with Gasteiger partial charge in [-0.1, -0.05) is 15.9 Å². The van der Waals surface area contributed by atoms with Crippen LogP contribution in [0.5, 0.6) is 0 Å². The first-order valence-corrected chi connectivity index (χ1v) is 8.45. The van der Waals surface area contributed by atoms with Crippen LogP contribution in [0.3, 0.4) is 0 Å². The largest absolute Gasteiger partial charge is 0.441 e. The molecule has 3 nitrogen and oxygen atoms in total. The molecule has 0 amide bonds. The average molecular weight is 367 g/mol. The number of rotatable bonds is 5. The van der Waals surface area contributed by atoms with Gasteiger partial charge in [0, 0.05) is 35.5 Å². The molecule has 0 spiro atoms. The highest BCUT2D eigenvalue weighted by Crippen LogP contribution is 2.24. The molecule has 0 saturated carbocycles. The van der Waals surface area contributed by atoms with E-state index in [2.05, 4.69) is 25.8 Å². The molecule has 5 heteroatoms. The van der Waals surface area contributed by atoms with E-state index in [1.54, 1.807) is 0 Å². The number of hydrogen-bond donors (Lipinski definition) is 0. The summed E-state index contributed by atoms with van der Waals surface area (Å²) in [6.45, 7) is 4.54. The van der Waals surface area contributed by atoms with Crippen molar-refractivity contribution in [2.24, 2.45) is 5.92 Å². The number of nitrogens with zero attached hydrogens (tertiary/aromatic N) is 2. The van der Waals surface area contributed by atoms with Gasteiger partial charge in [0.1, 0.15) is 5.76 Å². The summed E-state index contributed by atoms with van der Waals surface area (Å²) < 4.78 is 19.5. The minimum atomic E-state index is -0.201. The Hall–Kier alpha value is -1.20. The molecular formula is C17H20BrFN2O. The Morgan fingerprint density at radius 1 is 1.36 bits per heavy atom. The van der Waals surface area contributed by atoms with Crippen LogP contribution in [0.1, 0.15) is 17.9 Å². The zero-order valence-corrected chi connectivity index (χ0v) is 14.3. The van der Waals surface area contributed by atoms with Crippen LogP contribution in [0.15, 0.2) is 33.2 Å². The topological polar surface area (TPSA) is 29.3 Å². The first kappa shape index (κ1) is 15.7. The smallest absolute Gasteiger partial charge is 0.226 e. The molecular weight excluding hydrogens is 347 g/mol. The molecule has 118 valence electrons. The van der Waals surface area contributed by atoms with E-state index in [-0.39, 0.29) is 12.6 Å². The fourth-order valence-corrected chi connectivity index (χ4v) is 3.15. The van der Waals surface area contributed by atoms with Crippen molar-refractivity contribution in [1.29, 1.82) is 0 Å². The number of likely N-dealkylation sites (tertiary alicyclic amines) is 1. The highest BCUT2D eigenvalue weighted by Gasteiger charge is 2.22. The quantitative estimate of drug-likeness (QED) is 0.792. The van der Waals surface area contributed by atoms with Crippen molar-refractivity contribution in [3.8, 4) is 11.5 Å². The van der Waals surface area contributed by atoms with Gasteiger partial charge in [0.25, 0.3) is 0 Å². The average Bonchev–Trinajstić information content (AvgIpc) is 3.12. The number of hydrogen-bond acceptors (Lipinski definition) is 3. The maximum atomic E-state index is 12.7. The second-order valence-corrected chi connectivity index (χ2v) is 6.80. The third-order valence-corrected chi connectivity index (χ3v) is 4.77. The predicted molar refractivity (Wildman–Crippen MR) is 88.6 cm³/mol. The van der Waals surface area contributed by atoms with E-state index in [4.69, 9.17) is 4.42 Å². The molecule has 0 aliphatic carbocycles. The molecule has 0 radical (unpaired) electrons. The standard InChI is InChI=1S/C17H20BrFN2O/c1-12-16(7-9-21-8-6-13(10-19)11-21)20-17(22-12)14-2-4-15(18)5-3-14/h2-5,13H,6-11H2,1H3. The van der Waals surface area contributed by atoms with Crippen molar-refractivity contribution in [1.82, 2.24) is 9.88 Å². The third-order valence-electron chi connectivity index (χ3n) is 4.24. The minimum absolute atomic E-state index is 0.201. The summed E-state index contributed by atoms with van der Waals surface area (Å²) in [5.74, 6) is 1.76. The summed E-state index contributed by atoms with van der Waals surface area (Å²) in [5.41, 5.74) is 1.98. The van der Waals surface area contributed by atoms with Crippen LogP contribution in [-0.2, 0) is 6.42 Å². The van der Waals surface area contributed by atoms with Crippen molar-refractivity contribution in [2.75, 3.05) is 26.3 Å². The van der Waals surface area contributed by atoms with E-state index < -0.39 is 0 Å². The Kier molecular flexibility index (Phi) is 4.93. The number of oxazole rings is 1. The normalized spacial score (nSPS) is 19.0. The monoisotopic (exact) mass is 366 g/mol. The molecule has 1 saturated heterocycles. The van der Waals surface area contributed by atoms with E-state index in [0.717, 1.165) is 54.0 Å². The van der Waals surface area contributed by atoms with Gasteiger partial charge in [-0.25, -0.2) is 4.98 Å². The van der Waals surface area contributed by atoms with Gasteiger partial charge in [-0.2, -0.15) is 0 Å². The lowest BCUT2D eigenvalue weighted by molar-refractivity contribution is 0.304. The van der Waals surface area contributed by atoms with Crippen LogP contribution in [0.2, 0.25) is 0 Å². The van der Waals surface area contributed by atoms with Gasteiger partial charge in [-0.3, -0.25) is 4.39 Å². The molecule has 2 heterocycles. The second kappa shape index (κ2) is 6.92. The Balaban J connectivity index is 1.64. The Morgan fingerprint density at radius 2 is 2.14 bits per heavy atom. The van der Waals surface area contributed by atoms with Crippen LogP contribution >= 0.6 is 15.9 Å². The third kappa shape index (κ3) is 3.58. The summed E-state index contributed by atoms with van der Waals surface area (Å²) in [6.07, 6.45) is 1.82. The molecule has 1 aromatic carbocycles. The predicted octanol–water partition coefficient (Wildman–Crippen LogP) is 4.25. The van der Waals surface area contributed by atoms with Gasteiger partial charge in [-0.15, -0.1) is 0 Å². The van der Waals surface area contributed by atoms with E-state index in [0.29, 0.717) is 5.89 Å². The number of benzene rings is 1. The summed E-state index contributed by atoms with van der Waals surface area (Å²) in [6, 6.07) is 7.95. The first-order chi connectivity index (χ1) is 10.7. The zero-order chi connectivity index (χ0) is 15.5. The van der Waals surface area contributed by atoms with E-state index in [9.17, 15) is 4.39 Å². The number of alkyl halides is 1. The van der Waals surface area contributed by atoms with Crippen molar-refractivity contribution < 1.29 is 8.81 Å². The lowest BCUT2D eigenvalue weighted by Crippen LogP contribution is -2.24. The van der Waals surface area contributed by atoms with Crippen LogP contribution < -0.4 is 0 Å².